The summed E-state index contributed by atoms with van der Waals surface area (Å²) in [4.78, 5) is 54.5. The summed E-state index contributed by atoms with van der Waals surface area (Å²) in [5.41, 5.74) is 6.63. The highest BCUT2D eigenvalue weighted by atomic mass is 16.5. The number of esters is 1. The molecular formula is C35H28N2O5. The fraction of sp³-hybridized carbons (Fsp3) is 0.200. The molecule has 0 spiro atoms. The quantitative estimate of drug-likeness (QED) is 0.252. The Morgan fingerprint density at radius 3 is 1.81 bits per heavy atom. The molecule has 3 amide bonds. The standard InChI is InChI=1S/C35H28N2O5/c1-2-20-14-16-22(17-15-20)36-28(38)19-42-35(41)21-8-7-9-23(18-21)37-33(39)31-29-24-10-3-4-11-25(24)30(32(31)34(37)40)27-13-6-5-12-26(27)29/h3-18,29-32H,2,19H2,1H3,(H,36,38)/t29?,30?,31-,32+. The van der Waals surface area contributed by atoms with Gasteiger partial charge in [0.25, 0.3) is 5.91 Å². The summed E-state index contributed by atoms with van der Waals surface area (Å²) in [5.74, 6) is -3.16. The number of anilines is 2. The van der Waals surface area contributed by atoms with E-state index in [1.807, 2.05) is 43.3 Å². The lowest BCUT2D eigenvalue weighted by atomic mass is 9.55. The van der Waals surface area contributed by atoms with Crippen molar-refractivity contribution in [2.45, 2.75) is 25.2 Å². The third-order valence-electron chi connectivity index (χ3n) is 8.77. The van der Waals surface area contributed by atoms with Crippen molar-refractivity contribution in [2.75, 3.05) is 16.8 Å². The average molecular weight is 557 g/mol. The monoisotopic (exact) mass is 556 g/mol. The Hall–Kier alpha value is -5.04. The van der Waals surface area contributed by atoms with Crippen LogP contribution in [0.1, 0.15) is 56.9 Å². The minimum absolute atomic E-state index is 0.151. The van der Waals surface area contributed by atoms with Gasteiger partial charge in [0, 0.05) is 17.5 Å². The maximum absolute atomic E-state index is 14.0. The summed E-state index contributed by atoms with van der Waals surface area (Å²) in [7, 11) is 0. The van der Waals surface area contributed by atoms with Crippen LogP contribution in [0, 0.1) is 11.8 Å². The molecule has 1 heterocycles. The molecule has 7 heteroatoms. The van der Waals surface area contributed by atoms with Gasteiger partial charge < -0.3 is 10.1 Å². The van der Waals surface area contributed by atoms with E-state index in [0.29, 0.717) is 11.4 Å². The van der Waals surface area contributed by atoms with E-state index < -0.39 is 30.3 Å². The lowest BCUT2D eigenvalue weighted by Gasteiger charge is -2.45. The molecule has 2 atom stereocenters. The highest BCUT2D eigenvalue weighted by molar-refractivity contribution is 6.23. The minimum Gasteiger partial charge on any atom is -0.452 e. The van der Waals surface area contributed by atoms with E-state index in [4.69, 9.17) is 4.74 Å². The summed E-state index contributed by atoms with van der Waals surface area (Å²) in [6.45, 7) is 1.58. The van der Waals surface area contributed by atoms with E-state index in [2.05, 4.69) is 29.6 Å². The third-order valence-corrected chi connectivity index (χ3v) is 8.77. The zero-order valence-corrected chi connectivity index (χ0v) is 22.9. The number of ether oxygens (including phenoxy) is 1. The van der Waals surface area contributed by atoms with Gasteiger partial charge >= 0.3 is 5.97 Å². The van der Waals surface area contributed by atoms with Gasteiger partial charge in [-0.2, -0.15) is 0 Å². The SMILES string of the molecule is CCc1ccc(NC(=O)COC(=O)c2cccc(N3C(=O)[C@@H]4C5c6ccccc6C(c6ccccc65)[C@@H]4C3=O)c2)cc1. The van der Waals surface area contributed by atoms with E-state index in [-0.39, 0.29) is 29.2 Å². The molecular weight excluding hydrogens is 528 g/mol. The van der Waals surface area contributed by atoms with Crippen LogP contribution in [0.4, 0.5) is 11.4 Å². The van der Waals surface area contributed by atoms with E-state index in [0.717, 1.165) is 34.2 Å². The van der Waals surface area contributed by atoms with Gasteiger partial charge in [-0.3, -0.25) is 14.4 Å². The predicted molar refractivity (Wildman–Crippen MR) is 157 cm³/mol. The number of nitrogens with one attached hydrogen (secondary N) is 1. The van der Waals surface area contributed by atoms with Gasteiger partial charge in [0.05, 0.1) is 23.1 Å². The fourth-order valence-corrected chi connectivity index (χ4v) is 6.94. The molecule has 42 heavy (non-hydrogen) atoms. The van der Waals surface area contributed by atoms with Gasteiger partial charge in [-0.1, -0.05) is 73.7 Å². The second kappa shape index (κ2) is 10.1. The molecule has 208 valence electrons. The van der Waals surface area contributed by atoms with Crippen LogP contribution in [0.3, 0.4) is 0 Å². The van der Waals surface area contributed by atoms with Gasteiger partial charge in [0.2, 0.25) is 11.8 Å². The number of nitrogens with zero attached hydrogens (tertiary/aromatic N) is 1. The molecule has 0 aromatic heterocycles. The first-order valence-electron chi connectivity index (χ1n) is 14.2. The Labute approximate surface area is 243 Å². The first kappa shape index (κ1) is 25.9. The van der Waals surface area contributed by atoms with Crippen molar-refractivity contribution in [3.05, 3.63) is 130 Å². The van der Waals surface area contributed by atoms with Crippen LogP contribution in [0.15, 0.2) is 97.1 Å². The van der Waals surface area contributed by atoms with Gasteiger partial charge in [0.1, 0.15) is 0 Å². The topological polar surface area (TPSA) is 92.8 Å². The van der Waals surface area contributed by atoms with Crippen LogP contribution in [0.25, 0.3) is 0 Å². The molecule has 0 unspecified atom stereocenters. The average Bonchev–Trinajstić information content (AvgIpc) is 3.30. The molecule has 0 radical (unpaired) electrons. The number of hydrogen-bond acceptors (Lipinski definition) is 5. The summed E-state index contributed by atoms with van der Waals surface area (Å²) < 4.78 is 5.26. The lowest BCUT2D eigenvalue weighted by molar-refractivity contribution is -0.122. The minimum atomic E-state index is -0.718. The van der Waals surface area contributed by atoms with E-state index in [1.165, 1.54) is 11.0 Å². The first-order chi connectivity index (χ1) is 20.5. The van der Waals surface area contributed by atoms with Crippen molar-refractivity contribution < 1.29 is 23.9 Å². The second-order valence-corrected chi connectivity index (χ2v) is 11.0. The number of rotatable bonds is 6. The summed E-state index contributed by atoms with van der Waals surface area (Å²) >= 11 is 0. The van der Waals surface area contributed by atoms with Crippen LogP contribution in [0.5, 0.6) is 0 Å². The molecule has 0 saturated carbocycles. The van der Waals surface area contributed by atoms with Gasteiger partial charge in [-0.15, -0.1) is 0 Å². The number of amides is 3. The Balaban J connectivity index is 1.11. The van der Waals surface area contributed by atoms with E-state index >= 15 is 0 Å². The molecule has 2 bridgehead atoms. The second-order valence-electron chi connectivity index (χ2n) is 11.0. The molecule has 3 aliphatic carbocycles. The molecule has 4 aromatic carbocycles. The Bertz CT molecular complexity index is 1650. The van der Waals surface area contributed by atoms with Gasteiger partial charge in [-0.05, 0) is 64.6 Å². The molecule has 1 saturated heterocycles. The number of carbonyl (C=O) groups excluding carboxylic acids is 4. The van der Waals surface area contributed by atoms with Crippen molar-refractivity contribution in [1.29, 1.82) is 0 Å². The van der Waals surface area contributed by atoms with Crippen LogP contribution >= 0.6 is 0 Å². The molecule has 4 aromatic rings. The molecule has 8 rings (SSSR count). The van der Waals surface area contributed by atoms with Crippen LogP contribution in [-0.4, -0.2) is 30.3 Å². The maximum Gasteiger partial charge on any atom is 0.338 e. The summed E-state index contributed by atoms with van der Waals surface area (Å²) in [6.07, 6.45) is 0.892. The smallest absolute Gasteiger partial charge is 0.338 e. The van der Waals surface area contributed by atoms with Crippen LogP contribution in [-0.2, 0) is 25.5 Å². The zero-order valence-electron chi connectivity index (χ0n) is 22.9. The highest BCUT2D eigenvalue weighted by Crippen LogP contribution is 2.61. The Kier molecular flexibility index (Phi) is 6.23. The van der Waals surface area contributed by atoms with Crippen molar-refractivity contribution in [3.63, 3.8) is 0 Å². The maximum atomic E-state index is 14.0. The van der Waals surface area contributed by atoms with Crippen molar-refractivity contribution >= 4 is 35.1 Å². The highest BCUT2D eigenvalue weighted by Gasteiger charge is 2.61. The van der Waals surface area contributed by atoms with E-state index in [9.17, 15) is 19.2 Å². The first-order valence-corrected chi connectivity index (χ1v) is 14.2. The van der Waals surface area contributed by atoms with Crippen molar-refractivity contribution in [2.24, 2.45) is 11.8 Å². The van der Waals surface area contributed by atoms with Crippen LogP contribution in [0.2, 0.25) is 0 Å². The Morgan fingerprint density at radius 1 is 0.738 bits per heavy atom. The van der Waals surface area contributed by atoms with Crippen molar-refractivity contribution in [1.82, 2.24) is 0 Å². The van der Waals surface area contributed by atoms with Crippen molar-refractivity contribution in [3.8, 4) is 0 Å². The molecule has 7 nitrogen and oxygen atoms in total. The molecule has 1 fully saturated rings. The van der Waals surface area contributed by atoms with Gasteiger partial charge in [-0.25, -0.2) is 9.69 Å². The molecule has 1 aliphatic heterocycles. The number of benzene rings is 4. The zero-order chi connectivity index (χ0) is 29.0. The number of aryl methyl sites for hydroxylation is 1. The fourth-order valence-electron chi connectivity index (χ4n) is 6.94. The molecule has 1 N–H and O–H groups in total. The summed E-state index contributed by atoms with van der Waals surface area (Å²) in [6, 6.07) is 29.9. The molecule has 4 aliphatic rings. The number of hydrogen-bond donors (Lipinski definition) is 1. The summed E-state index contributed by atoms with van der Waals surface area (Å²) in [5, 5.41) is 2.71. The number of imide groups is 1. The van der Waals surface area contributed by atoms with Gasteiger partial charge in [0.15, 0.2) is 6.61 Å². The lowest BCUT2D eigenvalue weighted by Crippen LogP contribution is -2.41. The third kappa shape index (κ3) is 4.04. The predicted octanol–water partition coefficient (Wildman–Crippen LogP) is 5.44. The normalized spacial score (nSPS) is 21.4. The Morgan fingerprint density at radius 2 is 1.29 bits per heavy atom. The van der Waals surface area contributed by atoms with E-state index in [1.54, 1.807) is 30.3 Å². The largest absolute Gasteiger partial charge is 0.452 e. The number of carbonyl (C=O) groups is 4. The van der Waals surface area contributed by atoms with Crippen LogP contribution < -0.4 is 10.2 Å².